The monoisotopic (exact) mass is 508 g/mol. The van der Waals surface area contributed by atoms with Gasteiger partial charge in [-0.15, -0.1) is 0 Å². The van der Waals surface area contributed by atoms with Crippen LogP contribution in [0.25, 0.3) is 0 Å². The first-order valence-corrected chi connectivity index (χ1v) is 12.2. The van der Waals surface area contributed by atoms with Crippen LogP contribution >= 0.6 is 15.9 Å². The number of halogens is 1. The summed E-state index contributed by atoms with van der Waals surface area (Å²) in [5.41, 5.74) is 12.0. The number of carbonyl (C=O) groups is 2. The van der Waals surface area contributed by atoms with Crippen LogP contribution < -0.4 is 11.5 Å². The van der Waals surface area contributed by atoms with E-state index in [1.165, 1.54) is 0 Å². The zero-order valence-corrected chi connectivity index (χ0v) is 20.3. The normalized spacial score (nSPS) is 31.6. The molecule has 33 heavy (non-hydrogen) atoms. The van der Waals surface area contributed by atoms with Crippen molar-refractivity contribution in [2.75, 3.05) is 13.7 Å². The summed E-state index contributed by atoms with van der Waals surface area (Å²) >= 11 is 3.50. The summed E-state index contributed by atoms with van der Waals surface area (Å²) in [6.45, 7) is 0.302. The molecule has 0 radical (unpaired) electrons. The minimum absolute atomic E-state index is 0.153. The van der Waals surface area contributed by atoms with E-state index >= 15 is 0 Å². The van der Waals surface area contributed by atoms with Crippen molar-refractivity contribution in [2.24, 2.45) is 40.1 Å². The number of ether oxygens (including phenoxy) is 1. The summed E-state index contributed by atoms with van der Waals surface area (Å²) in [6, 6.07) is 17.7. The highest BCUT2D eigenvalue weighted by Gasteiger charge is 2.84. The number of carbonyl (C=O) groups excluding carboxylic acids is 2. The predicted octanol–water partition coefficient (Wildman–Crippen LogP) is 3.75. The second-order valence-electron chi connectivity index (χ2n) is 9.83. The predicted molar refractivity (Wildman–Crippen MR) is 130 cm³/mol. The van der Waals surface area contributed by atoms with Gasteiger partial charge in [-0.3, -0.25) is 9.59 Å². The summed E-state index contributed by atoms with van der Waals surface area (Å²) in [5.74, 6) is -1.61. The lowest BCUT2D eigenvalue weighted by Gasteiger charge is -2.52. The summed E-state index contributed by atoms with van der Waals surface area (Å²) in [6.07, 6.45) is 6.74. The number of rotatable bonds is 8. The second kappa shape index (κ2) is 7.81. The maximum atomic E-state index is 13.8. The average molecular weight is 509 g/mol. The molecule has 2 saturated carbocycles. The Morgan fingerprint density at radius 3 is 2.18 bits per heavy atom. The number of amides is 2. The Bertz CT molecular complexity index is 1110. The molecule has 2 bridgehead atoms. The minimum atomic E-state index is -1.24. The highest BCUT2D eigenvalue weighted by molar-refractivity contribution is 9.10. The van der Waals surface area contributed by atoms with Gasteiger partial charge in [0.1, 0.15) is 0 Å². The smallest absolute Gasteiger partial charge is 0.229 e. The zero-order valence-electron chi connectivity index (χ0n) is 18.7. The SMILES string of the molecule is COC[C@@H](Cc1ccccc1)[C@]1(C(N)=O)[C@@H]2C=C[C@@H](C23CC3)[C@@]1(C(N)=O)c1ccc(Br)cc1. The zero-order chi connectivity index (χ0) is 23.4. The van der Waals surface area contributed by atoms with Gasteiger partial charge < -0.3 is 16.2 Å². The van der Waals surface area contributed by atoms with Gasteiger partial charge in [0, 0.05) is 23.4 Å². The van der Waals surface area contributed by atoms with E-state index in [1.54, 1.807) is 7.11 Å². The quantitative estimate of drug-likeness (QED) is 0.531. The second-order valence-corrected chi connectivity index (χ2v) is 10.7. The first kappa shape index (κ1) is 22.4. The molecule has 5 atom stereocenters. The van der Waals surface area contributed by atoms with Crippen LogP contribution in [0.2, 0.25) is 0 Å². The van der Waals surface area contributed by atoms with Crippen molar-refractivity contribution in [2.45, 2.75) is 24.7 Å². The Balaban J connectivity index is 1.80. The first-order valence-electron chi connectivity index (χ1n) is 11.4. The summed E-state index contributed by atoms with van der Waals surface area (Å²) in [7, 11) is 1.63. The van der Waals surface area contributed by atoms with Gasteiger partial charge in [-0.1, -0.05) is 70.5 Å². The van der Waals surface area contributed by atoms with E-state index in [9.17, 15) is 9.59 Å². The third-order valence-corrected chi connectivity index (χ3v) is 9.13. The molecular formula is C27H29BrN2O3. The molecule has 172 valence electrons. The molecule has 0 heterocycles. The van der Waals surface area contributed by atoms with Crippen LogP contribution in [0.15, 0.2) is 71.2 Å². The molecule has 0 saturated heterocycles. The number of primary amides is 2. The maximum absolute atomic E-state index is 13.8. The molecule has 3 aliphatic rings. The third-order valence-electron chi connectivity index (χ3n) is 8.60. The van der Waals surface area contributed by atoms with Gasteiger partial charge in [-0.05, 0) is 53.9 Å². The molecule has 4 N–H and O–H groups in total. The van der Waals surface area contributed by atoms with Gasteiger partial charge in [0.05, 0.1) is 17.4 Å². The topological polar surface area (TPSA) is 95.4 Å². The van der Waals surface area contributed by atoms with E-state index in [1.807, 2.05) is 54.6 Å². The molecule has 6 heteroatoms. The molecule has 3 aliphatic carbocycles. The minimum Gasteiger partial charge on any atom is -0.384 e. The van der Waals surface area contributed by atoms with E-state index < -0.39 is 22.6 Å². The fraction of sp³-hybridized carbons (Fsp3) is 0.407. The van der Waals surface area contributed by atoms with E-state index in [2.05, 4.69) is 28.1 Å². The van der Waals surface area contributed by atoms with Gasteiger partial charge >= 0.3 is 0 Å². The Morgan fingerprint density at radius 1 is 1.00 bits per heavy atom. The fourth-order valence-corrected chi connectivity index (χ4v) is 7.72. The van der Waals surface area contributed by atoms with Crippen molar-refractivity contribution in [3.8, 4) is 0 Å². The van der Waals surface area contributed by atoms with Crippen LogP contribution in [0.5, 0.6) is 0 Å². The Hall–Kier alpha value is -2.44. The molecule has 2 fully saturated rings. The number of benzene rings is 2. The van der Waals surface area contributed by atoms with E-state index in [4.69, 9.17) is 16.2 Å². The van der Waals surface area contributed by atoms with E-state index in [-0.39, 0.29) is 23.2 Å². The number of methoxy groups -OCH3 is 1. The maximum Gasteiger partial charge on any atom is 0.229 e. The van der Waals surface area contributed by atoms with Crippen LogP contribution in [0, 0.1) is 28.6 Å². The van der Waals surface area contributed by atoms with Crippen LogP contribution in [-0.4, -0.2) is 25.5 Å². The van der Waals surface area contributed by atoms with Crippen molar-refractivity contribution in [1.29, 1.82) is 0 Å². The lowest BCUT2D eigenvalue weighted by Crippen LogP contribution is -2.66. The van der Waals surface area contributed by atoms with Gasteiger partial charge in [-0.25, -0.2) is 0 Å². The number of hydrogen-bond acceptors (Lipinski definition) is 3. The van der Waals surface area contributed by atoms with Crippen LogP contribution in [0.1, 0.15) is 24.0 Å². The molecule has 5 nitrogen and oxygen atoms in total. The van der Waals surface area contributed by atoms with Crippen LogP contribution in [0.4, 0.5) is 0 Å². The highest BCUT2D eigenvalue weighted by atomic mass is 79.9. The van der Waals surface area contributed by atoms with Gasteiger partial charge in [-0.2, -0.15) is 0 Å². The molecule has 2 aromatic rings. The van der Waals surface area contributed by atoms with Gasteiger partial charge in [0.25, 0.3) is 0 Å². The average Bonchev–Trinajstić information content (AvgIpc) is 3.46. The van der Waals surface area contributed by atoms with Crippen molar-refractivity contribution in [1.82, 2.24) is 0 Å². The van der Waals surface area contributed by atoms with Gasteiger partial charge in [0.15, 0.2) is 0 Å². The lowest BCUT2D eigenvalue weighted by molar-refractivity contribution is -0.150. The van der Waals surface area contributed by atoms with Crippen LogP contribution in [-0.2, 0) is 26.2 Å². The van der Waals surface area contributed by atoms with Crippen molar-refractivity contribution in [3.63, 3.8) is 0 Å². The van der Waals surface area contributed by atoms with Crippen molar-refractivity contribution in [3.05, 3.63) is 82.3 Å². The lowest BCUT2D eigenvalue weighted by atomic mass is 9.49. The Morgan fingerprint density at radius 2 is 1.64 bits per heavy atom. The molecule has 1 spiro atoms. The molecule has 0 aliphatic heterocycles. The molecule has 0 aromatic heterocycles. The summed E-state index contributed by atoms with van der Waals surface area (Å²) < 4.78 is 6.59. The summed E-state index contributed by atoms with van der Waals surface area (Å²) in [4.78, 5) is 27.5. The van der Waals surface area contributed by atoms with Crippen LogP contribution in [0.3, 0.4) is 0 Å². The largest absolute Gasteiger partial charge is 0.384 e. The fourth-order valence-electron chi connectivity index (χ4n) is 7.46. The summed E-state index contributed by atoms with van der Waals surface area (Å²) in [5, 5.41) is 0. The number of allylic oxidation sites excluding steroid dienone is 2. The molecule has 0 unspecified atom stereocenters. The first-order chi connectivity index (χ1) is 15.9. The number of hydrogen-bond donors (Lipinski definition) is 2. The molecule has 2 aromatic carbocycles. The van der Waals surface area contributed by atoms with E-state index in [0.29, 0.717) is 13.0 Å². The molecular weight excluding hydrogens is 480 g/mol. The molecule has 2 amide bonds. The number of nitrogens with two attached hydrogens (primary N) is 2. The van der Waals surface area contributed by atoms with Gasteiger partial charge in [0.2, 0.25) is 11.8 Å². The van der Waals surface area contributed by atoms with Crippen molar-refractivity contribution >= 4 is 27.7 Å². The standard InChI is InChI=1S/C27H29BrN2O3/c1-33-16-19(15-17-5-3-2-4-6-17)27(24(30)32)22-12-11-21(25(22)13-14-25)26(27,23(29)31)18-7-9-20(28)10-8-18/h2-12,19,21-22H,13-16H2,1H3,(H2,29,31)(H2,30,32)/t19-,21+,22-,26-,27-/m1/s1. The van der Waals surface area contributed by atoms with Crippen molar-refractivity contribution < 1.29 is 14.3 Å². The third kappa shape index (κ3) is 2.80. The van der Waals surface area contributed by atoms with E-state index in [0.717, 1.165) is 28.4 Å². The molecule has 5 rings (SSSR count). The Labute approximate surface area is 202 Å². The Kier molecular flexibility index (Phi) is 5.29. The highest BCUT2D eigenvalue weighted by Crippen LogP contribution is 2.81.